The molecule has 0 fully saturated rings. The van der Waals surface area contributed by atoms with Crippen molar-refractivity contribution in [3.8, 4) is 5.69 Å². The second kappa shape index (κ2) is 9.40. The highest BCUT2D eigenvalue weighted by atomic mass is 32.2. The Kier molecular flexibility index (Phi) is 6.68. The number of rotatable bonds is 7. The van der Waals surface area contributed by atoms with E-state index in [-0.39, 0.29) is 17.4 Å². The fourth-order valence-corrected chi connectivity index (χ4v) is 3.82. The topological polar surface area (TPSA) is 119 Å². The van der Waals surface area contributed by atoms with Gasteiger partial charge in [0.2, 0.25) is 11.8 Å². The summed E-state index contributed by atoms with van der Waals surface area (Å²) in [4.78, 5) is 24.4. The van der Waals surface area contributed by atoms with Gasteiger partial charge < -0.3 is 10.6 Å². The van der Waals surface area contributed by atoms with Crippen molar-refractivity contribution < 1.29 is 13.8 Å². The van der Waals surface area contributed by atoms with Crippen LogP contribution in [0.3, 0.4) is 0 Å². The summed E-state index contributed by atoms with van der Waals surface area (Å²) >= 11 is 0. The normalized spacial score (nSPS) is 11.7. The molecule has 10 heteroatoms. The molecule has 1 atom stereocenters. The highest BCUT2D eigenvalue weighted by molar-refractivity contribution is 7.86. The molecule has 3 rings (SSSR count). The number of carbonyl (C=O) groups is 2. The minimum atomic E-state index is -1.63. The van der Waals surface area contributed by atoms with Gasteiger partial charge in [0, 0.05) is 22.2 Å². The van der Waals surface area contributed by atoms with Crippen molar-refractivity contribution in [1.29, 1.82) is 0 Å². The number of nitrogens with one attached hydrogen (secondary N) is 2. The number of benzene rings is 2. The summed E-state index contributed by atoms with van der Waals surface area (Å²) in [5, 5.41) is 16.5. The lowest BCUT2D eigenvalue weighted by Crippen LogP contribution is -2.26. The summed E-state index contributed by atoms with van der Waals surface area (Å²) in [5.41, 5.74) is 4.76. The van der Waals surface area contributed by atoms with Crippen LogP contribution in [0, 0.1) is 20.8 Å². The van der Waals surface area contributed by atoms with Crippen LogP contribution in [0.4, 0.5) is 11.4 Å². The Labute approximate surface area is 176 Å². The van der Waals surface area contributed by atoms with Gasteiger partial charge in [0.1, 0.15) is 17.8 Å². The first kappa shape index (κ1) is 21.3. The van der Waals surface area contributed by atoms with Gasteiger partial charge in [-0.25, -0.2) is 4.68 Å². The van der Waals surface area contributed by atoms with Crippen LogP contribution in [-0.4, -0.2) is 47.7 Å². The molecule has 0 aliphatic rings. The largest absolute Gasteiger partial charge is 0.325 e. The molecule has 0 saturated carbocycles. The predicted octanol–water partition coefficient (Wildman–Crippen LogP) is 1.91. The van der Waals surface area contributed by atoms with E-state index in [0.29, 0.717) is 11.4 Å². The summed E-state index contributed by atoms with van der Waals surface area (Å²) in [6, 6.07) is 10.9. The van der Waals surface area contributed by atoms with Crippen molar-refractivity contribution in [3.05, 3.63) is 59.4 Å². The fourth-order valence-electron chi connectivity index (χ4n) is 2.99. The average Bonchev–Trinajstić information content (AvgIpc) is 3.19. The average molecular weight is 427 g/mol. The van der Waals surface area contributed by atoms with Gasteiger partial charge in [-0.2, -0.15) is 0 Å². The third kappa shape index (κ3) is 5.35. The molecule has 30 heavy (non-hydrogen) atoms. The minimum absolute atomic E-state index is 0.252. The lowest BCUT2D eigenvalue weighted by molar-refractivity contribution is -0.114. The summed E-state index contributed by atoms with van der Waals surface area (Å²) in [7, 11) is -1.63. The summed E-state index contributed by atoms with van der Waals surface area (Å²) in [6.07, 6.45) is 1.48. The number of carbonyl (C=O) groups excluding carboxylic acids is 2. The fraction of sp³-hybridized carbons (Fsp3) is 0.250. The quantitative estimate of drug-likeness (QED) is 0.596. The van der Waals surface area contributed by atoms with E-state index >= 15 is 0 Å². The number of aromatic nitrogens is 4. The van der Waals surface area contributed by atoms with Crippen LogP contribution in [0.2, 0.25) is 0 Å². The Bertz CT molecular complexity index is 1080. The molecule has 2 aromatic carbocycles. The summed E-state index contributed by atoms with van der Waals surface area (Å²) in [5.74, 6) is -1.34. The molecule has 0 unspecified atom stereocenters. The zero-order valence-corrected chi connectivity index (χ0v) is 17.7. The van der Waals surface area contributed by atoms with E-state index in [9.17, 15) is 13.8 Å². The number of amides is 2. The Morgan fingerprint density at radius 2 is 1.63 bits per heavy atom. The number of nitrogens with zero attached hydrogens (tertiary/aromatic N) is 4. The van der Waals surface area contributed by atoms with Crippen LogP contribution in [0.1, 0.15) is 16.7 Å². The standard InChI is InChI=1S/C20H22N6O3S/c1-13-5-4-6-14(2)20(13)23-19(28)11-30(29)10-18(27)22-16-7-8-17(15(3)9-16)26-12-21-24-25-26/h4-9,12H,10-11H2,1-3H3,(H,22,27)(H,23,28)/t30-/m0/s1. The van der Waals surface area contributed by atoms with Gasteiger partial charge in [-0.3, -0.25) is 13.8 Å². The molecule has 156 valence electrons. The number of tetrazole rings is 1. The predicted molar refractivity (Wildman–Crippen MR) is 115 cm³/mol. The van der Waals surface area contributed by atoms with E-state index < -0.39 is 16.7 Å². The maximum Gasteiger partial charge on any atom is 0.237 e. The van der Waals surface area contributed by atoms with Gasteiger partial charge in [0.15, 0.2) is 0 Å². The lowest BCUT2D eigenvalue weighted by Gasteiger charge is -2.11. The SMILES string of the molecule is Cc1cc(NC(=O)C[S@](=O)CC(=O)Nc2c(C)cccc2C)ccc1-n1cnnn1. The van der Waals surface area contributed by atoms with Gasteiger partial charge in [-0.1, -0.05) is 18.2 Å². The Hall–Kier alpha value is -3.40. The van der Waals surface area contributed by atoms with E-state index in [4.69, 9.17) is 0 Å². The molecule has 0 bridgehead atoms. The Morgan fingerprint density at radius 3 is 2.23 bits per heavy atom. The number of hydrogen-bond donors (Lipinski definition) is 2. The Balaban J connectivity index is 1.54. The molecule has 3 aromatic rings. The second-order valence-corrected chi connectivity index (χ2v) is 8.30. The van der Waals surface area contributed by atoms with Crippen LogP contribution in [0.5, 0.6) is 0 Å². The number of para-hydroxylation sites is 1. The van der Waals surface area contributed by atoms with Crippen molar-refractivity contribution in [1.82, 2.24) is 20.2 Å². The zero-order chi connectivity index (χ0) is 21.7. The molecule has 0 aliphatic carbocycles. The molecule has 1 heterocycles. The highest BCUT2D eigenvalue weighted by Gasteiger charge is 2.15. The second-order valence-electron chi connectivity index (χ2n) is 6.85. The number of aryl methyl sites for hydroxylation is 3. The zero-order valence-electron chi connectivity index (χ0n) is 16.9. The summed E-state index contributed by atoms with van der Waals surface area (Å²) in [6.45, 7) is 5.64. The van der Waals surface area contributed by atoms with Crippen LogP contribution >= 0.6 is 0 Å². The molecule has 0 radical (unpaired) electrons. The first-order chi connectivity index (χ1) is 14.3. The highest BCUT2D eigenvalue weighted by Crippen LogP contribution is 2.19. The maximum atomic E-state index is 12.3. The summed E-state index contributed by atoms with van der Waals surface area (Å²) < 4.78 is 13.8. The smallest absolute Gasteiger partial charge is 0.237 e. The van der Waals surface area contributed by atoms with E-state index in [2.05, 4.69) is 26.2 Å². The van der Waals surface area contributed by atoms with E-state index in [1.54, 1.807) is 18.2 Å². The van der Waals surface area contributed by atoms with Crippen LogP contribution in [-0.2, 0) is 20.4 Å². The van der Waals surface area contributed by atoms with Gasteiger partial charge >= 0.3 is 0 Å². The van der Waals surface area contributed by atoms with Crippen LogP contribution < -0.4 is 10.6 Å². The molecule has 1 aromatic heterocycles. The van der Waals surface area contributed by atoms with Crippen LogP contribution in [0.25, 0.3) is 5.69 Å². The maximum absolute atomic E-state index is 12.3. The van der Waals surface area contributed by atoms with Crippen molar-refractivity contribution in [2.45, 2.75) is 20.8 Å². The molecule has 2 amide bonds. The number of anilines is 2. The van der Waals surface area contributed by atoms with E-state index in [1.807, 2.05) is 39.0 Å². The van der Waals surface area contributed by atoms with Crippen molar-refractivity contribution in [2.75, 3.05) is 22.1 Å². The van der Waals surface area contributed by atoms with Crippen molar-refractivity contribution in [3.63, 3.8) is 0 Å². The lowest BCUT2D eigenvalue weighted by atomic mass is 10.1. The number of hydrogen-bond acceptors (Lipinski definition) is 6. The van der Waals surface area contributed by atoms with Gasteiger partial charge in [0.25, 0.3) is 0 Å². The minimum Gasteiger partial charge on any atom is -0.325 e. The Morgan fingerprint density at radius 1 is 0.967 bits per heavy atom. The molecule has 9 nitrogen and oxygen atoms in total. The van der Waals surface area contributed by atoms with Gasteiger partial charge in [-0.15, -0.1) is 5.10 Å². The van der Waals surface area contributed by atoms with Gasteiger partial charge in [-0.05, 0) is 66.1 Å². The molecule has 2 N–H and O–H groups in total. The van der Waals surface area contributed by atoms with Crippen molar-refractivity contribution >= 4 is 34.0 Å². The first-order valence-corrected chi connectivity index (χ1v) is 10.7. The van der Waals surface area contributed by atoms with E-state index in [0.717, 1.165) is 22.4 Å². The monoisotopic (exact) mass is 426 g/mol. The molecular formula is C20H22N6O3S. The third-order valence-electron chi connectivity index (χ3n) is 4.41. The molecule has 0 saturated heterocycles. The van der Waals surface area contributed by atoms with Gasteiger partial charge in [0.05, 0.1) is 5.69 Å². The third-order valence-corrected chi connectivity index (χ3v) is 5.57. The van der Waals surface area contributed by atoms with Crippen molar-refractivity contribution in [2.24, 2.45) is 0 Å². The first-order valence-electron chi connectivity index (χ1n) is 9.18. The van der Waals surface area contributed by atoms with Crippen LogP contribution in [0.15, 0.2) is 42.7 Å². The molecular weight excluding hydrogens is 404 g/mol. The molecule has 0 aliphatic heterocycles. The van der Waals surface area contributed by atoms with E-state index in [1.165, 1.54) is 11.0 Å². The molecule has 0 spiro atoms.